The second kappa shape index (κ2) is 4.74. The van der Waals surface area contributed by atoms with Crippen LogP contribution in [0.25, 0.3) is 11.0 Å². The molecule has 1 aromatic heterocycles. The second-order valence-electron chi connectivity index (χ2n) is 3.40. The number of esters is 1. The molecule has 4 nitrogen and oxygen atoms in total. The van der Waals surface area contributed by atoms with Gasteiger partial charge in [-0.05, 0) is 18.2 Å². The highest BCUT2D eigenvalue weighted by Gasteiger charge is 2.12. The molecule has 17 heavy (non-hydrogen) atoms. The molecule has 0 saturated carbocycles. The fourth-order valence-electron chi connectivity index (χ4n) is 1.54. The molecular formula is C13H12O4. The number of rotatable bonds is 4. The lowest BCUT2D eigenvalue weighted by Crippen LogP contribution is -2.02. The molecule has 4 heteroatoms. The fourth-order valence-corrected chi connectivity index (χ4v) is 1.54. The molecule has 0 unspecified atom stereocenters. The van der Waals surface area contributed by atoms with Gasteiger partial charge in [0.05, 0.1) is 24.3 Å². The first-order chi connectivity index (χ1) is 8.26. The number of methoxy groups -OCH3 is 1. The van der Waals surface area contributed by atoms with Crippen molar-refractivity contribution >= 4 is 16.9 Å². The zero-order valence-corrected chi connectivity index (χ0v) is 9.43. The average molecular weight is 232 g/mol. The molecule has 0 atom stereocenters. The summed E-state index contributed by atoms with van der Waals surface area (Å²) in [6, 6.07) is 5.05. The van der Waals surface area contributed by atoms with E-state index in [1.54, 1.807) is 30.5 Å². The molecular weight excluding hydrogens is 220 g/mol. The predicted octanol–water partition coefficient (Wildman–Crippen LogP) is 2.78. The summed E-state index contributed by atoms with van der Waals surface area (Å²) >= 11 is 0. The van der Waals surface area contributed by atoms with Crippen molar-refractivity contribution in [2.75, 3.05) is 13.7 Å². The van der Waals surface area contributed by atoms with E-state index in [1.807, 2.05) is 0 Å². The molecule has 0 bridgehead atoms. The Morgan fingerprint density at radius 2 is 2.35 bits per heavy atom. The molecule has 2 rings (SSSR count). The van der Waals surface area contributed by atoms with Gasteiger partial charge in [0.2, 0.25) is 0 Å². The largest absolute Gasteiger partial charge is 0.489 e. The van der Waals surface area contributed by atoms with Gasteiger partial charge in [-0.2, -0.15) is 0 Å². The zero-order chi connectivity index (χ0) is 12.3. The minimum atomic E-state index is -0.424. The van der Waals surface area contributed by atoms with Gasteiger partial charge in [-0.15, -0.1) is 0 Å². The van der Waals surface area contributed by atoms with E-state index in [4.69, 9.17) is 9.15 Å². The van der Waals surface area contributed by atoms with Crippen LogP contribution >= 0.6 is 0 Å². The molecule has 88 valence electrons. The summed E-state index contributed by atoms with van der Waals surface area (Å²) < 4.78 is 15.4. The van der Waals surface area contributed by atoms with Crippen LogP contribution in [0.2, 0.25) is 0 Å². The summed E-state index contributed by atoms with van der Waals surface area (Å²) in [5.41, 5.74) is 0.987. The number of benzene rings is 1. The number of carbonyl (C=O) groups excluding carboxylic acids is 1. The monoisotopic (exact) mass is 232 g/mol. The SMILES string of the molecule is C=CCOc1cc(C(=O)OC)cc2occc12. The molecule has 0 saturated heterocycles. The number of fused-ring (bicyclic) bond motifs is 1. The summed E-state index contributed by atoms with van der Waals surface area (Å²) in [6.07, 6.45) is 3.18. The van der Waals surface area contributed by atoms with Crippen LogP contribution in [0.15, 0.2) is 41.5 Å². The molecule has 0 amide bonds. The van der Waals surface area contributed by atoms with Crippen LogP contribution in [0.5, 0.6) is 5.75 Å². The Morgan fingerprint density at radius 1 is 1.53 bits per heavy atom. The van der Waals surface area contributed by atoms with Gasteiger partial charge in [-0.3, -0.25) is 0 Å². The van der Waals surface area contributed by atoms with Crippen LogP contribution in [0, 0.1) is 0 Å². The van der Waals surface area contributed by atoms with E-state index in [0.29, 0.717) is 23.5 Å². The van der Waals surface area contributed by atoms with Gasteiger partial charge >= 0.3 is 5.97 Å². The lowest BCUT2D eigenvalue weighted by molar-refractivity contribution is 0.0600. The maximum absolute atomic E-state index is 11.5. The van der Waals surface area contributed by atoms with Crippen molar-refractivity contribution in [3.05, 3.63) is 42.7 Å². The van der Waals surface area contributed by atoms with E-state index in [2.05, 4.69) is 11.3 Å². The lowest BCUT2D eigenvalue weighted by atomic mass is 10.1. The smallest absolute Gasteiger partial charge is 0.338 e. The zero-order valence-electron chi connectivity index (χ0n) is 9.43. The quantitative estimate of drug-likeness (QED) is 0.600. The molecule has 0 spiro atoms. The number of furan rings is 1. The first-order valence-electron chi connectivity index (χ1n) is 5.09. The van der Waals surface area contributed by atoms with Crippen LogP contribution in [-0.4, -0.2) is 19.7 Å². The van der Waals surface area contributed by atoms with Crippen LogP contribution in [0.4, 0.5) is 0 Å². The third-order valence-corrected chi connectivity index (χ3v) is 2.31. The molecule has 1 heterocycles. The maximum Gasteiger partial charge on any atom is 0.338 e. The van der Waals surface area contributed by atoms with Crippen LogP contribution in [0.3, 0.4) is 0 Å². The van der Waals surface area contributed by atoms with Crippen molar-refractivity contribution in [1.82, 2.24) is 0 Å². The van der Waals surface area contributed by atoms with Crippen LogP contribution in [0.1, 0.15) is 10.4 Å². The summed E-state index contributed by atoms with van der Waals surface area (Å²) in [4.78, 5) is 11.5. The topological polar surface area (TPSA) is 48.7 Å². The summed E-state index contributed by atoms with van der Waals surface area (Å²) in [5.74, 6) is 0.156. The van der Waals surface area contributed by atoms with Gasteiger partial charge in [-0.25, -0.2) is 4.79 Å². The van der Waals surface area contributed by atoms with Gasteiger partial charge in [-0.1, -0.05) is 12.7 Å². The van der Waals surface area contributed by atoms with Gasteiger partial charge in [0.25, 0.3) is 0 Å². The normalized spacial score (nSPS) is 10.2. The van der Waals surface area contributed by atoms with Crippen LogP contribution < -0.4 is 4.74 Å². The van der Waals surface area contributed by atoms with E-state index in [1.165, 1.54) is 7.11 Å². The first-order valence-corrected chi connectivity index (χ1v) is 5.09. The molecule has 0 radical (unpaired) electrons. The van der Waals surface area contributed by atoms with Crippen molar-refractivity contribution in [1.29, 1.82) is 0 Å². The summed E-state index contributed by atoms with van der Waals surface area (Å²) in [5, 5.41) is 0.819. The Bertz CT molecular complexity index is 554. The number of hydrogen-bond donors (Lipinski definition) is 0. The second-order valence-corrected chi connectivity index (χ2v) is 3.40. The third-order valence-electron chi connectivity index (χ3n) is 2.31. The highest BCUT2D eigenvalue weighted by molar-refractivity contribution is 5.96. The Morgan fingerprint density at radius 3 is 3.06 bits per heavy atom. The van der Waals surface area contributed by atoms with E-state index in [9.17, 15) is 4.79 Å². The number of ether oxygens (including phenoxy) is 2. The summed E-state index contributed by atoms with van der Waals surface area (Å²) in [6.45, 7) is 3.94. The molecule has 1 aromatic carbocycles. The maximum atomic E-state index is 11.5. The minimum absolute atomic E-state index is 0.366. The lowest BCUT2D eigenvalue weighted by Gasteiger charge is -2.06. The van der Waals surface area contributed by atoms with Gasteiger partial charge in [0.1, 0.15) is 17.9 Å². The number of hydrogen-bond acceptors (Lipinski definition) is 4. The third kappa shape index (κ3) is 2.15. The molecule has 0 fully saturated rings. The van der Waals surface area contributed by atoms with Crippen LogP contribution in [-0.2, 0) is 4.74 Å². The van der Waals surface area contributed by atoms with E-state index >= 15 is 0 Å². The Kier molecular flexibility index (Phi) is 3.14. The molecule has 2 aromatic rings. The predicted molar refractivity (Wildman–Crippen MR) is 63.2 cm³/mol. The number of carbonyl (C=O) groups is 1. The highest BCUT2D eigenvalue weighted by atomic mass is 16.5. The van der Waals surface area contributed by atoms with Gasteiger partial charge < -0.3 is 13.9 Å². The van der Waals surface area contributed by atoms with Gasteiger partial charge in [0, 0.05) is 0 Å². The van der Waals surface area contributed by atoms with Crippen molar-refractivity contribution in [2.45, 2.75) is 0 Å². The molecule has 0 aliphatic rings. The minimum Gasteiger partial charge on any atom is -0.489 e. The molecule has 0 N–H and O–H groups in total. The molecule has 0 aliphatic heterocycles. The van der Waals surface area contributed by atoms with E-state index in [-0.39, 0.29) is 0 Å². The van der Waals surface area contributed by atoms with Crippen molar-refractivity contribution in [3.8, 4) is 5.75 Å². The van der Waals surface area contributed by atoms with Crippen molar-refractivity contribution in [2.24, 2.45) is 0 Å². The fraction of sp³-hybridized carbons (Fsp3) is 0.154. The van der Waals surface area contributed by atoms with Crippen molar-refractivity contribution in [3.63, 3.8) is 0 Å². The molecule has 0 aliphatic carbocycles. The Balaban J connectivity index is 2.50. The van der Waals surface area contributed by atoms with E-state index in [0.717, 1.165) is 5.39 Å². The highest BCUT2D eigenvalue weighted by Crippen LogP contribution is 2.29. The average Bonchev–Trinajstić information content (AvgIpc) is 2.82. The van der Waals surface area contributed by atoms with Crippen molar-refractivity contribution < 1.29 is 18.7 Å². The van der Waals surface area contributed by atoms with E-state index < -0.39 is 5.97 Å². The Hall–Kier alpha value is -2.23. The van der Waals surface area contributed by atoms with Gasteiger partial charge in [0.15, 0.2) is 0 Å². The summed E-state index contributed by atoms with van der Waals surface area (Å²) in [7, 11) is 1.33. The Labute approximate surface area is 98.4 Å². The first kappa shape index (κ1) is 11.3. The standard InChI is InChI=1S/C13H12O4/c1-3-5-16-11-7-9(13(14)15-2)8-12-10(11)4-6-17-12/h3-4,6-8H,1,5H2,2H3.